The second kappa shape index (κ2) is 6.32. The first-order valence-corrected chi connectivity index (χ1v) is 7.40. The van der Waals surface area contributed by atoms with Gasteiger partial charge in [0.2, 0.25) is 5.91 Å². The van der Waals surface area contributed by atoms with E-state index in [0.29, 0.717) is 17.8 Å². The summed E-state index contributed by atoms with van der Waals surface area (Å²) in [5.41, 5.74) is 1.59. The molecule has 5 heteroatoms. The molecule has 0 aliphatic carbocycles. The third-order valence-corrected chi connectivity index (χ3v) is 3.79. The van der Waals surface area contributed by atoms with Gasteiger partial charge in [0.15, 0.2) is 0 Å². The van der Waals surface area contributed by atoms with Crippen molar-refractivity contribution < 1.29 is 9.21 Å². The van der Waals surface area contributed by atoms with Crippen molar-refractivity contribution in [3.05, 3.63) is 40.2 Å². The van der Waals surface area contributed by atoms with Gasteiger partial charge in [-0.1, -0.05) is 6.92 Å². The molecular weight excluding hydrogens is 280 g/mol. The molecule has 0 atom stereocenters. The Bertz CT molecular complexity index is 747. The predicted molar refractivity (Wildman–Crippen MR) is 88.0 cm³/mol. The Balaban J connectivity index is 2.38. The van der Waals surface area contributed by atoms with Gasteiger partial charge in [-0.2, -0.15) is 0 Å². The number of hydrogen-bond donors (Lipinski definition) is 2. The lowest BCUT2D eigenvalue weighted by molar-refractivity contribution is -0.114. The van der Waals surface area contributed by atoms with Crippen LogP contribution >= 0.6 is 0 Å². The van der Waals surface area contributed by atoms with Crippen molar-refractivity contribution in [3.63, 3.8) is 0 Å². The van der Waals surface area contributed by atoms with Gasteiger partial charge in [0.1, 0.15) is 5.58 Å². The minimum Gasteiger partial charge on any atom is -0.423 e. The van der Waals surface area contributed by atoms with E-state index in [0.717, 1.165) is 17.4 Å². The van der Waals surface area contributed by atoms with Crippen molar-refractivity contribution in [1.29, 1.82) is 0 Å². The summed E-state index contributed by atoms with van der Waals surface area (Å²) >= 11 is 0. The van der Waals surface area contributed by atoms with E-state index in [4.69, 9.17) is 4.42 Å². The molecule has 0 saturated carbocycles. The highest BCUT2D eigenvalue weighted by molar-refractivity contribution is 5.92. The quantitative estimate of drug-likeness (QED) is 0.833. The molecule has 0 radical (unpaired) electrons. The Morgan fingerprint density at radius 1 is 1.27 bits per heavy atom. The summed E-state index contributed by atoms with van der Waals surface area (Å²) in [7, 11) is 0. The smallest absolute Gasteiger partial charge is 0.336 e. The van der Waals surface area contributed by atoms with Gasteiger partial charge in [-0.25, -0.2) is 4.79 Å². The van der Waals surface area contributed by atoms with Crippen molar-refractivity contribution in [1.82, 2.24) is 5.32 Å². The Morgan fingerprint density at radius 3 is 2.64 bits per heavy atom. The maximum absolute atomic E-state index is 11.8. The average Bonchev–Trinajstić information content (AvgIpc) is 2.43. The zero-order valence-electron chi connectivity index (χ0n) is 13.4. The Kier molecular flexibility index (Phi) is 4.66. The summed E-state index contributed by atoms with van der Waals surface area (Å²) < 4.78 is 5.25. The average molecular weight is 302 g/mol. The highest BCUT2D eigenvalue weighted by atomic mass is 16.4. The monoisotopic (exact) mass is 302 g/mol. The van der Waals surface area contributed by atoms with Crippen molar-refractivity contribution in [2.24, 2.45) is 0 Å². The van der Waals surface area contributed by atoms with E-state index in [1.54, 1.807) is 12.1 Å². The van der Waals surface area contributed by atoms with E-state index in [1.165, 1.54) is 13.0 Å². The predicted octanol–water partition coefficient (Wildman–Crippen LogP) is 3.03. The molecule has 2 N–H and O–H groups in total. The number of benzene rings is 1. The van der Waals surface area contributed by atoms with Crippen LogP contribution < -0.4 is 16.3 Å². The number of anilines is 1. The number of carbonyl (C=O) groups excluding carboxylic acids is 1. The molecule has 0 bridgehead atoms. The molecule has 0 fully saturated rings. The molecule has 118 valence electrons. The van der Waals surface area contributed by atoms with Gasteiger partial charge in [-0.3, -0.25) is 4.79 Å². The lowest BCUT2D eigenvalue weighted by Crippen LogP contribution is -2.38. The van der Waals surface area contributed by atoms with Gasteiger partial charge >= 0.3 is 5.63 Å². The molecule has 0 unspecified atom stereocenters. The van der Waals surface area contributed by atoms with Gasteiger partial charge in [0, 0.05) is 42.2 Å². The first-order chi connectivity index (χ1) is 10.3. The fourth-order valence-corrected chi connectivity index (χ4v) is 2.12. The number of fused-ring (bicyclic) bond motifs is 1. The summed E-state index contributed by atoms with van der Waals surface area (Å²) in [6.07, 6.45) is 0.985. The Hall–Kier alpha value is -2.14. The Labute approximate surface area is 129 Å². The minimum absolute atomic E-state index is 0.00151. The fraction of sp³-hybridized carbons (Fsp3) is 0.412. The van der Waals surface area contributed by atoms with Crippen LogP contribution in [0.15, 0.2) is 33.5 Å². The molecular formula is C17H22N2O3. The SMILES string of the molecule is CCC(C)(C)NCc1cc(=O)oc2cc(NC(C)=O)ccc12. The van der Waals surface area contributed by atoms with E-state index in [2.05, 4.69) is 31.4 Å². The van der Waals surface area contributed by atoms with Crippen LogP contribution in [-0.2, 0) is 11.3 Å². The zero-order valence-corrected chi connectivity index (χ0v) is 13.4. The Morgan fingerprint density at radius 2 is 2.00 bits per heavy atom. The van der Waals surface area contributed by atoms with Gasteiger partial charge in [-0.15, -0.1) is 0 Å². The zero-order chi connectivity index (χ0) is 16.3. The first kappa shape index (κ1) is 16.2. The topological polar surface area (TPSA) is 71.3 Å². The van der Waals surface area contributed by atoms with Gasteiger partial charge < -0.3 is 15.1 Å². The summed E-state index contributed by atoms with van der Waals surface area (Å²) in [4.78, 5) is 22.9. The van der Waals surface area contributed by atoms with Crippen molar-refractivity contribution in [2.45, 2.75) is 46.2 Å². The third kappa shape index (κ3) is 3.95. The highest BCUT2D eigenvalue weighted by Crippen LogP contribution is 2.22. The van der Waals surface area contributed by atoms with Crippen LogP contribution in [-0.4, -0.2) is 11.4 Å². The van der Waals surface area contributed by atoms with E-state index in [9.17, 15) is 9.59 Å². The lowest BCUT2D eigenvalue weighted by Gasteiger charge is -2.24. The van der Waals surface area contributed by atoms with Gasteiger partial charge in [-0.05, 0) is 38.0 Å². The van der Waals surface area contributed by atoms with Crippen molar-refractivity contribution in [2.75, 3.05) is 5.32 Å². The number of nitrogens with one attached hydrogen (secondary N) is 2. The second-order valence-corrected chi connectivity index (χ2v) is 6.07. The van der Waals surface area contributed by atoms with Crippen LogP contribution in [0.3, 0.4) is 0 Å². The number of carbonyl (C=O) groups is 1. The summed E-state index contributed by atoms with van der Waals surface area (Å²) in [6, 6.07) is 6.85. The maximum Gasteiger partial charge on any atom is 0.336 e. The normalized spacial score (nSPS) is 11.6. The summed E-state index contributed by atoms with van der Waals surface area (Å²) in [5, 5.41) is 6.99. The van der Waals surface area contributed by atoms with Crippen LogP contribution in [0.4, 0.5) is 5.69 Å². The number of rotatable bonds is 5. The van der Waals surface area contributed by atoms with E-state index < -0.39 is 5.63 Å². The van der Waals surface area contributed by atoms with E-state index in [-0.39, 0.29) is 11.4 Å². The van der Waals surface area contributed by atoms with E-state index in [1.807, 2.05) is 6.07 Å². The standard InChI is InChI=1S/C17H22N2O3/c1-5-17(3,4)18-10-12-8-16(21)22-15-9-13(19-11(2)20)6-7-14(12)15/h6-9,18H,5,10H2,1-4H3,(H,19,20). The lowest BCUT2D eigenvalue weighted by atomic mass is 10.0. The number of amides is 1. The molecule has 1 amide bonds. The van der Waals surface area contributed by atoms with Gasteiger partial charge in [0.05, 0.1) is 0 Å². The van der Waals surface area contributed by atoms with Crippen LogP contribution in [0, 0.1) is 0 Å². The maximum atomic E-state index is 11.8. The molecule has 2 rings (SSSR count). The van der Waals surface area contributed by atoms with Gasteiger partial charge in [0.25, 0.3) is 0 Å². The van der Waals surface area contributed by atoms with Crippen molar-refractivity contribution in [3.8, 4) is 0 Å². The third-order valence-electron chi connectivity index (χ3n) is 3.79. The molecule has 0 saturated heterocycles. The molecule has 5 nitrogen and oxygen atoms in total. The summed E-state index contributed by atoms with van der Waals surface area (Å²) in [5.74, 6) is -0.163. The molecule has 2 aromatic rings. The molecule has 0 spiro atoms. The molecule has 0 aliphatic rings. The first-order valence-electron chi connectivity index (χ1n) is 7.40. The summed E-state index contributed by atoms with van der Waals surface area (Å²) in [6.45, 7) is 8.38. The minimum atomic E-state index is -0.390. The molecule has 1 aromatic carbocycles. The van der Waals surface area contributed by atoms with Crippen molar-refractivity contribution >= 4 is 22.6 Å². The van der Waals surface area contributed by atoms with E-state index >= 15 is 0 Å². The van der Waals surface area contributed by atoms with Crippen LogP contribution in [0.5, 0.6) is 0 Å². The van der Waals surface area contributed by atoms with Crippen LogP contribution in [0.1, 0.15) is 39.7 Å². The molecule has 0 aliphatic heterocycles. The van der Waals surface area contributed by atoms with Crippen LogP contribution in [0.2, 0.25) is 0 Å². The largest absolute Gasteiger partial charge is 0.423 e. The molecule has 1 aromatic heterocycles. The highest BCUT2D eigenvalue weighted by Gasteiger charge is 2.15. The van der Waals surface area contributed by atoms with Crippen LogP contribution in [0.25, 0.3) is 11.0 Å². The molecule has 1 heterocycles. The fourth-order valence-electron chi connectivity index (χ4n) is 2.12. The second-order valence-electron chi connectivity index (χ2n) is 6.07. The number of hydrogen-bond acceptors (Lipinski definition) is 4. The molecule has 22 heavy (non-hydrogen) atoms.